The van der Waals surface area contributed by atoms with Gasteiger partial charge >= 0.3 is 5.97 Å². The molecule has 0 aromatic heterocycles. The third kappa shape index (κ3) is 6.39. The summed E-state index contributed by atoms with van der Waals surface area (Å²) in [6, 6.07) is 27.0. The van der Waals surface area contributed by atoms with Crippen molar-refractivity contribution < 1.29 is 26.4 Å². The second-order valence-electron chi connectivity index (χ2n) is 10.6. The molecule has 1 aliphatic heterocycles. The molecule has 4 aromatic carbocycles. The summed E-state index contributed by atoms with van der Waals surface area (Å²) in [5.41, 5.74) is 2.93. The van der Waals surface area contributed by atoms with Gasteiger partial charge in [-0.2, -0.15) is 4.31 Å². The molecule has 0 bridgehead atoms. The molecule has 0 amide bonds. The Morgan fingerprint density at radius 1 is 0.773 bits per heavy atom. The van der Waals surface area contributed by atoms with Crippen LogP contribution in [0.3, 0.4) is 0 Å². The van der Waals surface area contributed by atoms with Crippen molar-refractivity contribution in [1.82, 2.24) is 9.03 Å². The van der Waals surface area contributed by atoms with E-state index in [0.717, 1.165) is 11.1 Å². The molecule has 0 fully saturated rings. The summed E-state index contributed by atoms with van der Waals surface area (Å²) in [6.45, 7) is 5.46. The van der Waals surface area contributed by atoms with Crippen molar-refractivity contribution in [2.45, 2.75) is 48.7 Å². The van der Waals surface area contributed by atoms with E-state index >= 15 is 0 Å². The lowest BCUT2D eigenvalue weighted by molar-refractivity contribution is -0.138. The minimum atomic E-state index is -4.32. The summed E-state index contributed by atoms with van der Waals surface area (Å²) in [7, 11) is -8.47. The Bertz CT molecular complexity index is 1860. The topological polar surface area (TPSA) is 110 Å². The molecule has 5 rings (SSSR count). The number of carbonyl (C=O) groups excluding carboxylic acids is 1. The molecule has 1 heterocycles. The monoisotopic (exact) mass is 630 g/mol. The fourth-order valence-corrected chi connectivity index (χ4v) is 8.32. The molecule has 1 unspecified atom stereocenters. The van der Waals surface area contributed by atoms with Crippen LogP contribution in [-0.2, 0) is 29.6 Å². The van der Waals surface area contributed by atoms with E-state index in [1.165, 1.54) is 34.6 Å². The van der Waals surface area contributed by atoms with Crippen LogP contribution in [0.5, 0.6) is 0 Å². The zero-order valence-electron chi connectivity index (χ0n) is 24.6. The fraction of sp³-hybridized carbons (Fsp3) is 0.206. The zero-order chi connectivity index (χ0) is 31.5. The molecule has 10 heteroatoms. The SMILES string of the molecule is CCOC(=O)C1=C[C@H](C(NS(=O)(=O)c2ccc(C)cc2)c2ccccc2)N(S(=O)(=O)c2ccc(C)cc2)[C@@H]1c1ccccc1. The molecule has 8 nitrogen and oxygen atoms in total. The van der Waals surface area contributed by atoms with Crippen molar-refractivity contribution in [1.29, 1.82) is 0 Å². The van der Waals surface area contributed by atoms with Crippen LogP contribution in [0.2, 0.25) is 0 Å². The van der Waals surface area contributed by atoms with Gasteiger partial charge in [-0.3, -0.25) is 0 Å². The molecule has 0 radical (unpaired) electrons. The Balaban J connectivity index is 1.74. The lowest BCUT2D eigenvalue weighted by Crippen LogP contribution is -2.46. The van der Waals surface area contributed by atoms with Crippen molar-refractivity contribution >= 4 is 26.0 Å². The van der Waals surface area contributed by atoms with E-state index in [1.54, 1.807) is 91.9 Å². The predicted octanol–water partition coefficient (Wildman–Crippen LogP) is 5.63. The molecular weight excluding hydrogens is 597 g/mol. The molecule has 0 aliphatic carbocycles. The van der Waals surface area contributed by atoms with Crippen molar-refractivity contribution in [3.63, 3.8) is 0 Å². The van der Waals surface area contributed by atoms with Gasteiger partial charge in [-0.05, 0) is 56.2 Å². The number of hydrogen-bond donors (Lipinski definition) is 1. The standard InChI is InChI=1S/C34H34N2O6S2/c1-4-42-34(37)30-23-31(32(26-11-7-5-8-12-26)35-43(38,39)28-19-15-24(2)16-20-28)36(33(30)27-13-9-6-10-14-27)44(40,41)29-21-17-25(3)18-22-29/h5-23,31-33,35H,4H2,1-3H3/t31-,32?,33-/m1/s1. The third-order valence-corrected chi connectivity index (χ3v) is 10.9. The minimum Gasteiger partial charge on any atom is -0.463 e. The van der Waals surface area contributed by atoms with E-state index in [0.29, 0.717) is 11.1 Å². The van der Waals surface area contributed by atoms with E-state index < -0.39 is 44.1 Å². The Kier molecular flexibility index (Phi) is 9.17. The second kappa shape index (κ2) is 12.9. The van der Waals surface area contributed by atoms with E-state index in [9.17, 15) is 21.6 Å². The number of esters is 1. The maximum atomic E-state index is 14.6. The van der Waals surface area contributed by atoms with Gasteiger partial charge in [0.05, 0.1) is 40.1 Å². The molecule has 0 spiro atoms. The van der Waals surface area contributed by atoms with Crippen LogP contribution in [0.15, 0.2) is 131 Å². The molecule has 1 aliphatic rings. The van der Waals surface area contributed by atoms with E-state index in [1.807, 2.05) is 13.8 Å². The van der Waals surface area contributed by atoms with Crippen LogP contribution in [0.4, 0.5) is 0 Å². The molecular formula is C34H34N2O6S2. The predicted molar refractivity (Wildman–Crippen MR) is 169 cm³/mol. The molecule has 1 N–H and O–H groups in total. The summed E-state index contributed by atoms with van der Waals surface area (Å²) < 4.78 is 66.3. The highest BCUT2D eigenvalue weighted by molar-refractivity contribution is 7.89. The third-order valence-electron chi connectivity index (χ3n) is 7.53. The van der Waals surface area contributed by atoms with Crippen molar-refractivity contribution in [2.24, 2.45) is 0 Å². The summed E-state index contributed by atoms with van der Waals surface area (Å²) in [6.07, 6.45) is 1.52. The number of rotatable bonds is 10. The van der Waals surface area contributed by atoms with E-state index in [4.69, 9.17) is 4.74 Å². The van der Waals surface area contributed by atoms with Crippen LogP contribution in [-0.4, -0.2) is 39.8 Å². The van der Waals surface area contributed by atoms with Crippen LogP contribution in [0.1, 0.15) is 41.3 Å². The maximum absolute atomic E-state index is 14.6. The number of aryl methyl sites for hydroxylation is 2. The molecule has 3 atom stereocenters. The number of carbonyl (C=O) groups is 1. The number of nitrogens with one attached hydrogen (secondary N) is 1. The van der Waals surface area contributed by atoms with Crippen molar-refractivity contribution in [3.8, 4) is 0 Å². The quantitative estimate of drug-likeness (QED) is 0.228. The highest BCUT2D eigenvalue weighted by Crippen LogP contribution is 2.45. The van der Waals surface area contributed by atoms with Gasteiger partial charge in [0.25, 0.3) is 0 Å². The van der Waals surface area contributed by atoms with Gasteiger partial charge in [0.2, 0.25) is 20.0 Å². The number of ether oxygens (including phenoxy) is 1. The smallest absolute Gasteiger partial charge is 0.335 e. The van der Waals surface area contributed by atoms with Gasteiger partial charge in [0.1, 0.15) is 0 Å². The molecule has 0 saturated heterocycles. The summed E-state index contributed by atoms with van der Waals surface area (Å²) >= 11 is 0. The Hall–Kier alpha value is -4.09. The van der Waals surface area contributed by atoms with Gasteiger partial charge in [-0.15, -0.1) is 0 Å². The number of sulfonamides is 2. The normalized spacial score (nSPS) is 18.0. The largest absolute Gasteiger partial charge is 0.463 e. The number of benzene rings is 4. The van der Waals surface area contributed by atoms with Crippen LogP contribution >= 0.6 is 0 Å². The summed E-state index contributed by atoms with van der Waals surface area (Å²) in [5, 5.41) is 0. The first-order chi connectivity index (χ1) is 21.0. The van der Waals surface area contributed by atoms with E-state index in [-0.39, 0.29) is 22.0 Å². The summed E-state index contributed by atoms with van der Waals surface area (Å²) in [5.74, 6) is -0.679. The first-order valence-electron chi connectivity index (χ1n) is 14.2. The molecule has 44 heavy (non-hydrogen) atoms. The lowest BCUT2D eigenvalue weighted by Gasteiger charge is -2.35. The first-order valence-corrected chi connectivity index (χ1v) is 17.1. The molecule has 0 saturated carbocycles. The van der Waals surface area contributed by atoms with Crippen LogP contribution in [0, 0.1) is 13.8 Å². The Morgan fingerprint density at radius 3 is 1.84 bits per heavy atom. The average Bonchev–Trinajstić information content (AvgIpc) is 3.43. The highest BCUT2D eigenvalue weighted by Gasteiger charge is 2.50. The molecule has 228 valence electrons. The first kappa shape index (κ1) is 31.3. The Labute approximate surface area is 259 Å². The van der Waals surface area contributed by atoms with Crippen LogP contribution in [0.25, 0.3) is 0 Å². The zero-order valence-corrected chi connectivity index (χ0v) is 26.3. The minimum absolute atomic E-state index is 0.0146. The summed E-state index contributed by atoms with van der Waals surface area (Å²) in [4.78, 5) is 13.5. The Morgan fingerprint density at radius 2 is 1.30 bits per heavy atom. The van der Waals surface area contributed by atoms with Gasteiger partial charge in [0.15, 0.2) is 0 Å². The van der Waals surface area contributed by atoms with Crippen LogP contribution < -0.4 is 4.72 Å². The van der Waals surface area contributed by atoms with Crippen molar-refractivity contribution in [3.05, 3.63) is 143 Å². The van der Waals surface area contributed by atoms with Crippen molar-refractivity contribution in [2.75, 3.05) is 6.61 Å². The van der Waals surface area contributed by atoms with Gasteiger partial charge in [-0.1, -0.05) is 102 Å². The number of nitrogens with zero attached hydrogens (tertiary/aromatic N) is 1. The second-order valence-corrected chi connectivity index (χ2v) is 14.2. The van der Waals surface area contributed by atoms with Gasteiger partial charge in [-0.25, -0.2) is 26.4 Å². The maximum Gasteiger partial charge on any atom is 0.335 e. The highest BCUT2D eigenvalue weighted by atomic mass is 32.2. The number of hydrogen-bond acceptors (Lipinski definition) is 6. The van der Waals surface area contributed by atoms with Gasteiger partial charge in [0, 0.05) is 0 Å². The molecule has 4 aromatic rings. The lowest BCUT2D eigenvalue weighted by atomic mass is 10.00. The van der Waals surface area contributed by atoms with Gasteiger partial charge < -0.3 is 4.74 Å². The van der Waals surface area contributed by atoms with E-state index in [2.05, 4.69) is 4.72 Å². The average molecular weight is 631 g/mol. The fourth-order valence-electron chi connectivity index (χ4n) is 5.34.